The summed E-state index contributed by atoms with van der Waals surface area (Å²) >= 11 is 0. The molecule has 180 valence electrons. The zero-order valence-electron chi connectivity index (χ0n) is 21.2. The van der Waals surface area contributed by atoms with Crippen LogP contribution >= 0.6 is 0 Å². The van der Waals surface area contributed by atoms with Gasteiger partial charge in [-0.25, -0.2) is 0 Å². The molecule has 2 rings (SSSR count). The second-order valence-corrected chi connectivity index (χ2v) is 12.3. The smallest absolute Gasteiger partial charge is 0.310 e. The van der Waals surface area contributed by atoms with Gasteiger partial charge in [0.2, 0.25) is 0 Å². The Kier molecular flexibility index (Phi) is 9.45. The molecule has 4 nitrogen and oxygen atoms in total. The summed E-state index contributed by atoms with van der Waals surface area (Å²) < 4.78 is 6.22. The number of carbonyl (C=O) groups is 2. The summed E-state index contributed by atoms with van der Waals surface area (Å²) in [6, 6.07) is 0. The maximum absolute atomic E-state index is 13.2. The molecule has 31 heavy (non-hydrogen) atoms. The van der Waals surface area contributed by atoms with Crippen molar-refractivity contribution in [1.82, 2.24) is 0 Å². The minimum Gasteiger partial charge on any atom is -0.481 e. The maximum Gasteiger partial charge on any atom is 0.310 e. The first-order chi connectivity index (χ1) is 14.4. The first kappa shape index (κ1) is 26.2. The van der Waals surface area contributed by atoms with Crippen LogP contribution in [0.4, 0.5) is 0 Å². The molecule has 2 saturated carbocycles. The highest BCUT2D eigenvalue weighted by Crippen LogP contribution is 2.40. The Morgan fingerprint density at radius 3 is 2.23 bits per heavy atom. The highest BCUT2D eigenvalue weighted by molar-refractivity contribution is 5.81. The van der Waals surface area contributed by atoms with Gasteiger partial charge in [-0.2, -0.15) is 0 Å². The second-order valence-electron chi connectivity index (χ2n) is 12.3. The fraction of sp³-hybridized carbons (Fsp3) is 0.926. The summed E-state index contributed by atoms with van der Waals surface area (Å²) in [4.78, 5) is 25.1. The van der Waals surface area contributed by atoms with E-state index in [4.69, 9.17) is 4.74 Å². The minimum atomic E-state index is -0.843. The number of esters is 1. The Morgan fingerprint density at radius 2 is 1.65 bits per heavy atom. The van der Waals surface area contributed by atoms with Crippen LogP contribution in [-0.4, -0.2) is 23.1 Å². The molecule has 8 atom stereocenters. The predicted molar refractivity (Wildman–Crippen MR) is 126 cm³/mol. The van der Waals surface area contributed by atoms with E-state index < -0.39 is 17.8 Å². The Morgan fingerprint density at radius 1 is 0.968 bits per heavy atom. The number of aliphatic carboxylic acids is 1. The molecule has 0 aromatic heterocycles. The first-order valence-electron chi connectivity index (χ1n) is 12.8. The van der Waals surface area contributed by atoms with Crippen LogP contribution in [0.5, 0.6) is 0 Å². The zero-order chi connectivity index (χ0) is 23.3. The topological polar surface area (TPSA) is 63.6 Å². The summed E-state index contributed by atoms with van der Waals surface area (Å²) in [5.74, 6) is 0.205. The van der Waals surface area contributed by atoms with Gasteiger partial charge >= 0.3 is 11.9 Å². The Bertz CT molecular complexity index is 593. The highest BCUT2D eigenvalue weighted by atomic mass is 16.5. The predicted octanol–water partition coefficient (Wildman–Crippen LogP) is 6.96. The molecule has 1 N–H and O–H groups in total. The molecule has 0 aromatic rings. The molecule has 0 heterocycles. The molecule has 0 aliphatic heterocycles. The molecule has 4 heteroatoms. The van der Waals surface area contributed by atoms with E-state index in [0.29, 0.717) is 29.6 Å². The van der Waals surface area contributed by atoms with E-state index in [1.165, 1.54) is 6.42 Å². The molecule has 0 aromatic carbocycles. The molecular formula is C27H48O4. The third-order valence-electron chi connectivity index (χ3n) is 8.15. The number of hydrogen-bond donors (Lipinski definition) is 1. The normalized spacial score (nSPS) is 34.0. The molecule has 2 aliphatic rings. The number of carboxylic acids is 1. The molecule has 8 unspecified atom stereocenters. The fourth-order valence-electron chi connectivity index (χ4n) is 6.25. The van der Waals surface area contributed by atoms with Crippen LogP contribution in [0.15, 0.2) is 0 Å². The van der Waals surface area contributed by atoms with E-state index in [-0.39, 0.29) is 18.0 Å². The standard InChI is InChI=1S/C27H48O4/c1-17(16-27(5,6)7)11-14-23(21-13-12-18(2)20(4)15-21)31-26(30)22-10-8-9-19(3)24(22)25(28)29/h17-24H,8-16H2,1-7H3,(H,28,29). The number of rotatable bonds is 8. The second kappa shape index (κ2) is 11.2. The molecule has 0 bridgehead atoms. The van der Waals surface area contributed by atoms with Gasteiger partial charge in [-0.15, -0.1) is 0 Å². The van der Waals surface area contributed by atoms with Crippen molar-refractivity contribution in [2.75, 3.05) is 0 Å². The van der Waals surface area contributed by atoms with Crippen LogP contribution in [0, 0.1) is 46.8 Å². The van der Waals surface area contributed by atoms with Gasteiger partial charge in [0, 0.05) is 0 Å². The van der Waals surface area contributed by atoms with Crippen molar-refractivity contribution in [3.63, 3.8) is 0 Å². The van der Waals surface area contributed by atoms with Gasteiger partial charge in [0.05, 0.1) is 11.8 Å². The van der Waals surface area contributed by atoms with Crippen molar-refractivity contribution in [1.29, 1.82) is 0 Å². The van der Waals surface area contributed by atoms with Crippen LogP contribution in [-0.2, 0) is 14.3 Å². The van der Waals surface area contributed by atoms with Gasteiger partial charge in [0.25, 0.3) is 0 Å². The van der Waals surface area contributed by atoms with Crippen LogP contribution in [0.3, 0.4) is 0 Å². The molecular weight excluding hydrogens is 388 g/mol. The van der Waals surface area contributed by atoms with Crippen molar-refractivity contribution in [2.24, 2.45) is 46.8 Å². The third kappa shape index (κ3) is 7.79. The fourth-order valence-corrected chi connectivity index (χ4v) is 6.25. The number of carboxylic acid groups (broad SMARTS) is 1. The SMILES string of the molecule is CC(CCC(OC(=O)C1CCCC(C)C1C(=O)O)C1CCC(C)C(C)C1)CC(C)(C)C. The van der Waals surface area contributed by atoms with Crippen LogP contribution < -0.4 is 0 Å². The molecule has 2 fully saturated rings. The van der Waals surface area contributed by atoms with Crippen molar-refractivity contribution >= 4 is 11.9 Å². The lowest BCUT2D eigenvalue weighted by Gasteiger charge is -2.38. The van der Waals surface area contributed by atoms with E-state index in [9.17, 15) is 14.7 Å². The molecule has 0 saturated heterocycles. The molecule has 0 spiro atoms. The van der Waals surface area contributed by atoms with Crippen molar-refractivity contribution in [3.8, 4) is 0 Å². The van der Waals surface area contributed by atoms with Gasteiger partial charge in [-0.05, 0) is 80.0 Å². The highest BCUT2D eigenvalue weighted by Gasteiger charge is 2.42. The van der Waals surface area contributed by atoms with Crippen LogP contribution in [0.25, 0.3) is 0 Å². The van der Waals surface area contributed by atoms with Crippen molar-refractivity contribution in [2.45, 2.75) is 112 Å². The van der Waals surface area contributed by atoms with Gasteiger partial charge < -0.3 is 9.84 Å². The zero-order valence-corrected chi connectivity index (χ0v) is 21.2. The van der Waals surface area contributed by atoms with Gasteiger partial charge in [-0.1, -0.05) is 61.3 Å². The summed E-state index contributed by atoms with van der Waals surface area (Å²) in [5, 5.41) is 9.75. The number of ether oxygens (including phenoxy) is 1. The monoisotopic (exact) mass is 436 g/mol. The van der Waals surface area contributed by atoms with Gasteiger partial charge in [-0.3, -0.25) is 9.59 Å². The Balaban J connectivity index is 2.09. The molecule has 0 amide bonds. The Labute approximate surface area is 190 Å². The van der Waals surface area contributed by atoms with Crippen molar-refractivity contribution < 1.29 is 19.4 Å². The third-order valence-corrected chi connectivity index (χ3v) is 8.15. The van der Waals surface area contributed by atoms with Gasteiger partial charge in [0.1, 0.15) is 6.10 Å². The first-order valence-corrected chi connectivity index (χ1v) is 12.8. The summed E-state index contributed by atoms with van der Waals surface area (Å²) in [6.45, 7) is 15.8. The van der Waals surface area contributed by atoms with Crippen LogP contribution in [0.2, 0.25) is 0 Å². The number of hydrogen-bond acceptors (Lipinski definition) is 3. The largest absolute Gasteiger partial charge is 0.481 e. The van der Waals surface area contributed by atoms with Gasteiger partial charge in [0.15, 0.2) is 0 Å². The van der Waals surface area contributed by atoms with Crippen LogP contribution in [0.1, 0.15) is 106 Å². The van der Waals surface area contributed by atoms with E-state index in [2.05, 4.69) is 41.5 Å². The molecule has 0 radical (unpaired) electrons. The average Bonchev–Trinajstić information content (AvgIpc) is 2.65. The Hall–Kier alpha value is -1.06. The lowest BCUT2D eigenvalue weighted by molar-refractivity contribution is -0.169. The minimum absolute atomic E-state index is 0.0320. The van der Waals surface area contributed by atoms with E-state index >= 15 is 0 Å². The summed E-state index contributed by atoms with van der Waals surface area (Å²) in [7, 11) is 0. The summed E-state index contributed by atoms with van der Waals surface area (Å²) in [5.41, 5.74) is 0.299. The van der Waals surface area contributed by atoms with E-state index in [1.807, 2.05) is 6.92 Å². The lowest BCUT2D eigenvalue weighted by atomic mass is 9.72. The molecule has 2 aliphatic carbocycles. The van der Waals surface area contributed by atoms with E-state index in [1.54, 1.807) is 0 Å². The van der Waals surface area contributed by atoms with Crippen molar-refractivity contribution in [3.05, 3.63) is 0 Å². The average molecular weight is 437 g/mol. The number of carbonyl (C=O) groups excluding carboxylic acids is 1. The van der Waals surface area contributed by atoms with E-state index in [0.717, 1.165) is 50.9 Å². The maximum atomic E-state index is 13.2. The summed E-state index contributed by atoms with van der Waals surface area (Å²) in [6.07, 6.45) is 8.89. The quantitative estimate of drug-likeness (QED) is 0.418. The lowest BCUT2D eigenvalue weighted by Crippen LogP contribution is -2.41.